The summed E-state index contributed by atoms with van der Waals surface area (Å²) in [4.78, 5) is 19.0. The Morgan fingerprint density at radius 3 is 0.900 bits per heavy atom. The van der Waals surface area contributed by atoms with Gasteiger partial charge < -0.3 is 0 Å². The van der Waals surface area contributed by atoms with Crippen molar-refractivity contribution in [1.82, 2.24) is 19.9 Å². The van der Waals surface area contributed by atoms with Crippen LogP contribution in [0.15, 0.2) is 183 Å². The molecule has 50 heavy (non-hydrogen) atoms. The topological polar surface area (TPSA) is 51.6 Å². The number of rotatable bonds is 6. The minimum Gasteiger partial charge on any atom is -0.236 e. The van der Waals surface area contributed by atoms with Gasteiger partial charge in [0.1, 0.15) is 0 Å². The van der Waals surface area contributed by atoms with Gasteiger partial charge in [0.25, 0.3) is 0 Å². The van der Waals surface area contributed by atoms with E-state index in [0.717, 1.165) is 33.4 Å². The molecule has 2 aromatic heterocycles. The number of hydrogen-bond acceptors (Lipinski definition) is 4. The van der Waals surface area contributed by atoms with E-state index in [2.05, 4.69) is 97.1 Å². The van der Waals surface area contributed by atoms with E-state index in [-0.39, 0.29) is 0 Å². The van der Waals surface area contributed by atoms with E-state index in [1.54, 1.807) is 0 Å². The van der Waals surface area contributed by atoms with E-state index in [9.17, 15) is 0 Å². The second-order valence-corrected chi connectivity index (χ2v) is 12.3. The van der Waals surface area contributed by atoms with Crippen molar-refractivity contribution in [2.45, 2.75) is 0 Å². The summed E-state index contributed by atoms with van der Waals surface area (Å²) in [6.45, 7) is 0. The highest BCUT2D eigenvalue weighted by Gasteiger charge is 2.19. The first-order chi connectivity index (χ1) is 24.8. The zero-order chi connectivity index (χ0) is 33.3. The molecule has 0 unspecified atom stereocenters. The average Bonchev–Trinajstić information content (AvgIpc) is 3.21. The zero-order valence-electron chi connectivity index (χ0n) is 27.1. The summed E-state index contributed by atoms with van der Waals surface area (Å²) in [6.07, 6.45) is 7.70. The van der Waals surface area contributed by atoms with Gasteiger partial charge in [-0.2, -0.15) is 0 Å². The Morgan fingerprint density at radius 1 is 0.240 bits per heavy atom. The van der Waals surface area contributed by atoms with Crippen molar-refractivity contribution in [3.05, 3.63) is 183 Å². The van der Waals surface area contributed by atoms with Crippen LogP contribution in [0, 0.1) is 0 Å². The number of hydrogen-bond donors (Lipinski definition) is 0. The molecule has 234 valence electrons. The van der Waals surface area contributed by atoms with E-state index >= 15 is 0 Å². The van der Waals surface area contributed by atoms with Crippen LogP contribution in [-0.4, -0.2) is 19.9 Å². The molecule has 7 aromatic carbocycles. The maximum Gasteiger partial charge on any atom is 0.159 e. The Hall–Kier alpha value is -6.78. The second-order valence-electron chi connectivity index (χ2n) is 12.3. The standard InChI is InChI=1S/C46H30N4/c1-5-13-31(14-6-1)43-39-23-21-36(38-29-49-46(50-30-38)34-19-11-4-12-20-34)26-42(39)44(32-15-7-2-8-16-32)40-24-22-35(25-41(40)43)37-27-47-45(48-28-37)33-17-9-3-10-18-33/h1-30H. The molecule has 0 spiro atoms. The summed E-state index contributed by atoms with van der Waals surface area (Å²) in [7, 11) is 0. The average molecular weight is 639 g/mol. The first-order valence-corrected chi connectivity index (χ1v) is 16.7. The van der Waals surface area contributed by atoms with Gasteiger partial charge in [0.2, 0.25) is 0 Å². The summed E-state index contributed by atoms with van der Waals surface area (Å²) in [6, 6.07) is 55.0. The second kappa shape index (κ2) is 12.7. The molecule has 0 saturated heterocycles. The first kappa shape index (κ1) is 29.4. The van der Waals surface area contributed by atoms with Crippen molar-refractivity contribution in [3.63, 3.8) is 0 Å². The lowest BCUT2D eigenvalue weighted by Gasteiger charge is -2.19. The summed E-state index contributed by atoms with van der Waals surface area (Å²) >= 11 is 0. The molecule has 0 atom stereocenters. The summed E-state index contributed by atoms with van der Waals surface area (Å²) in [5.74, 6) is 1.43. The van der Waals surface area contributed by atoms with Crippen molar-refractivity contribution in [2.24, 2.45) is 0 Å². The van der Waals surface area contributed by atoms with Crippen molar-refractivity contribution < 1.29 is 0 Å². The van der Waals surface area contributed by atoms with E-state index in [4.69, 9.17) is 19.9 Å². The maximum absolute atomic E-state index is 4.74. The van der Waals surface area contributed by atoms with Gasteiger partial charge in [0.15, 0.2) is 11.6 Å². The van der Waals surface area contributed by atoms with E-state index in [0.29, 0.717) is 11.6 Å². The number of nitrogens with zero attached hydrogens (tertiary/aromatic N) is 4. The molecule has 0 aliphatic rings. The molecule has 9 rings (SSSR count). The molecular weight excluding hydrogens is 609 g/mol. The molecular formula is C46H30N4. The lowest BCUT2D eigenvalue weighted by atomic mass is 9.84. The molecule has 4 nitrogen and oxygen atoms in total. The third-order valence-electron chi connectivity index (χ3n) is 9.28. The maximum atomic E-state index is 4.74. The minimum atomic E-state index is 0.716. The van der Waals surface area contributed by atoms with Gasteiger partial charge >= 0.3 is 0 Å². The monoisotopic (exact) mass is 638 g/mol. The van der Waals surface area contributed by atoms with Crippen LogP contribution in [0.2, 0.25) is 0 Å². The molecule has 0 radical (unpaired) electrons. The molecule has 0 N–H and O–H groups in total. The fraction of sp³-hybridized carbons (Fsp3) is 0. The van der Waals surface area contributed by atoms with Crippen LogP contribution in [0.3, 0.4) is 0 Å². The Labute approximate surface area is 290 Å². The fourth-order valence-electron chi connectivity index (χ4n) is 6.85. The van der Waals surface area contributed by atoms with Crippen LogP contribution in [0.1, 0.15) is 0 Å². The highest BCUT2D eigenvalue weighted by molar-refractivity contribution is 6.22. The van der Waals surface area contributed by atoms with Gasteiger partial charge in [-0.3, -0.25) is 0 Å². The highest BCUT2D eigenvalue weighted by atomic mass is 14.9. The van der Waals surface area contributed by atoms with Gasteiger partial charge in [-0.15, -0.1) is 0 Å². The molecule has 0 fully saturated rings. The molecule has 9 aromatic rings. The minimum absolute atomic E-state index is 0.716. The van der Waals surface area contributed by atoms with Crippen LogP contribution in [-0.2, 0) is 0 Å². The number of fused-ring (bicyclic) bond motifs is 2. The Balaban J connectivity index is 1.26. The lowest BCUT2D eigenvalue weighted by Crippen LogP contribution is -1.94. The first-order valence-electron chi connectivity index (χ1n) is 16.7. The van der Waals surface area contributed by atoms with Crippen LogP contribution in [0.5, 0.6) is 0 Å². The van der Waals surface area contributed by atoms with Gasteiger partial charge in [-0.1, -0.05) is 146 Å². The zero-order valence-corrected chi connectivity index (χ0v) is 27.1. The smallest absolute Gasteiger partial charge is 0.159 e. The van der Waals surface area contributed by atoms with E-state index < -0.39 is 0 Å². The Kier molecular flexibility index (Phi) is 7.45. The number of aromatic nitrogens is 4. The largest absolute Gasteiger partial charge is 0.236 e. The molecule has 0 amide bonds. The Morgan fingerprint density at radius 2 is 0.560 bits per heavy atom. The third kappa shape index (κ3) is 5.39. The summed E-state index contributed by atoms with van der Waals surface area (Å²) < 4.78 is 0. The van der Waals surface area contributed by atoms with Gasteiger partial charge in [-0.25, -0.2) is 19.9 Å². The molecule has 2 heterocycles. The van der Waals surface area contributed by atoms with Crippen molar-refractivity contribution in [2.75, 3.05) is 0 Å². The van der Waals surface area contributed by atoms with Crippen LogP contribution in [0.4, 0.5) is 0 Å². The third-order valence-corrected chi connectivity index (χ3v) is 9.28. The van der Waals surface area contributed by atoms with Gasteiger partial charge in [-0.05, 0) is 67.1 Å². The van der Waals surface area contributed by atoms with Crippen LogP contribution >= 0.6 is 0 Å². The quantitative estimate of drug-likeness (QED) is 0.170. The Bertz CT molecular complexity index is 2400. The number of benzene rings is 7. The predicted molar refractivity (Wildman–Crippen MR) is 205 cm³/mol. The van der Waals surface area contributed by atoms with Crippen LogP contribution < -0.4 is 0 Å². The van der Waals surface area contributed by atoms with Crippen molar-refractivity contribution >= 4 is 21.5 Å². The van der Waals surface area contributed by atoms with Gasteiger partial charge in [0.05, 0.1) is 0 Å². The molecule has 4 heteroatoms. The molecule has 0 aliphatic heterocycles. The van der Waals surface area contributed by atoms with Crippen molar-refractivity contribution in [3.8, 4) is 67.3 Å². The normalized spacial score (nSPS) is 11.2. The lowest BCUT2D eigenvalue weighted by molar-refractivity contribution is 1.18. The highest BCUT2D eigenvalue weighted by Crippen LogP contribution is 2.45. The SMILES string of the molecule is c1ccc(-c2ncc(-c3ccc4c(-c5ccccc5)c5cc(-c6cnc(-c7ccccc7)nc6)ccc5c(-c5ccccc5)c4c3)cn2)cc1. The van der Waals surface area contributed by atoms with E-state index in [1.807, 2.05) is 85.5 Å². The molecule has 0 aliphatic carbocycles. The van der Waals surface area contributed by atoms with Gasteiger partial charge in [0, 0.05) is 47.0 Å². The van der Waals surface area contributed by atoms with Crippen LogP contribution in [0.25, 0.3) is 88.8 Å². The molecule has 0 bridgehead atoms. The van der Waals surface area contributed by atoms with E-state index in [1.165, 1.54) is 43.8 Å². The molecule has 0 saturated carbocycles. The summed E-state index contributed by atoms with van der Waals surface area (Å²) in [5.41, 5.74) is 10.8. The fourth-order valence-corrected chi connectivity index (χ4v) is 6.85. The predicted octanol–water partition coefficient (Wildman–Crippen LogP) is 11.6. The summed E-state index contributed by atoms with van der Waals surface area (Å²) in [5, 5.41) is 4.72. The van der Waals surface area contributed by atoms with Crippen molar-refractivity contribution in [1.29, 1.82) is 0 Å².